The van der Waals surface area contributed by atoms with E-state index in [0.29, 0.717) is 12.5 Å². The van der Waals surface area contributed by atoms with Crippen molar-refractivity contribution < 1.29 is 14.3 Å². The molecular formula is C30H56N2O3. The second-order valence-corrected chi connectivity index (χ2v) is 13.5. The molecule has 1 N–H and O–H groups in total. The number of hydrogen-bond donors (Lipinski definition) is 1. The van der Waals surface area contributed by atoms with Gasteiger partial charge in [-0.15, -0.1) is 0 Å². The number of piperidine rings is 1. The molecule has 204 valence electrons. The number of amides is 1. The van der Waals surface area contributed by atoms with Gasteiger partial charge < -0.3 is 19.7 Å². The van der Waals surface area contributed by atoms with Gasteiger partial charge in [0.25, 0.3) is 5.91 Å². The first-order valence-electron chi connectivity index (χ1n) is 14.9. The van der Waals surface area contributed by atoms with E-state index >= 15 is 0 Å². The number of hydrogen-bond acceptors (Lipinski definition) is 4. The fourth-order valence-electron chi connectivity index (χ4n) is 7.28. The summed E-state index contributed by atoms with van der Waals surface area (Å²) in [5.74, 6) is 0.580. The predicted octanol–water partition coefficient (Wildman–Crippen LogP) is 6.98. The van der Waals surface area contributed by atoms with Crippen molar-refractivity contribution in [2.45, 2.75) is 167 Å². The highest BCUT2D eigenvalue weighted by Gasteiger charge is 2.64. The average Bonchev–Trinajstić information content (AvgIpc) is 2.92. The standard InChI is InChI=1S/C30H56N2O3/c1-8-25(21-34-24(2)3)20-32-26(33)29(22-27(4,5)31-28(6,7)23-29)35-30(32)18-16-14-12-10-9-11-13-15-17-19-30/h24-25,31H,8-23H2,1-7H3. The molecule has 0 aromatic heterocycles. The largest absolute Gasteiger partial charge is 0.378 e. The second-order valence-electron chi connectivity index (χ2n) is 13.5. The highest BCUT2D eigenvalue weighted by Crippen LogP contribution is 2.51. The van der Waals surface area contributed by atoms with Crippen LogP contribution in [0.3, 0.4) is 0 Å². The maximum atomic E-state index is 14.5. The van der Waals surface area contributed by atoms with Crippen molar-refractivity contribution in [1.82, 2.24) is 10.2 Å². The normalized spacial score (nSPS) is 27.7. The molecule has 2 heterocycles. The van der Waals surface area contributed by atoms with Crippen molar-refractivity contribution in [2.75, 3.05) is 13.2 Å². The van der Waals surface area contributed by atoms with Crippen molar-refractivity contribution in [3.05, 3.63) is 0 Å². The molecule has 5 heteroatoms. The van der Waals surface area contributed by atoms with Crippen LogP contribution in [0.1, 0.15) is 138 Å². The molecule has 0 bridgehead atoms. The molecule has 0 aromatic rings. The summed E-state index contributed by atoms with van der Waals surface area (Å²) in [5, 5.41) is 3.78. The molecule has 0 aromatic carbocycles. The Morgan fingerprint density at radius 3 is 1.83 bits per heavy atom. The zero-order valence-electron chi connectivity index (χ0n) is 24.1. The molecule has 2 spiro atoms. The van der Waals surface area contributed by atoms with Gasteiger partial charge in [0.1, 0.15) is 5.72 Å². The number of carbonyl (C=O) groups is 1. The molecule has 3 fully saturated rings. The van der Waals surface area contributed by atoms with E-state index in [2.05, 4.69) is 58.7 Å². The van der Waals surface area contributed by atoms with Gasteiger partial charge in [-0.3, -0.25) is 4.79 Å². The van der Waals surface area contributed by atoms with Gasteiger partial charge in [-0.1, -0.05) is 51.9 Å². The highest BCUT2D eigenvalue weighted by molar-refractivity contribution is 5.88. The van der Waals surface area contributed by atoms with Crippen LogP contribution < -0.4 is 5.32 Å². The first kappa shape index (κ1) is 28.9. The Bertz CT molecular complexity index is 659. The predicted molar refractivity (Wildman–Crippen MR) is 144 cm³/mol. The van der Waals surface area contributed by atoms with E-state index in [4.69, 9.17) is 9.47 Å². The van der Waals surface area contributed by atoms with Crippen LogP contribution in [-0.4, -0.2) is 52.5 Å². The maximum Gasteiger partial charge on any atom is 0.257 e. The molecule has 1 aliphatic carbocycles. The first-order valence-corrected chi connectivity index (χ1v) is 14.9. The first-order chi connectivity index (χ1) is 16.4. The second kappa shape index (κ2) is 11.8. The van der Waals surface area contributed by atoms with Crippen molar-refractivity contribution in [3.63, 3.8) is 0 Å². The van der Waals surface area contributed by atoms with Gasteiger partial charge in [0.15, 0.2) is 5.60 Å². The summed E-state index contributed by atoms with van der Waals surface area (Å²) in [4.78, 5) is 16.8. The topological polar surface area (TPSA) is 50.8 Å². The van der Waals surface area contributed by atoms with Gasteiger partial charge in [0.2, 0.25) is 0 Å². The SMILES string of the molecule is CCC(COC(C)C)CN1C(=O)C2(CC(C)(C)NC(C)(C)C2)OC12CCCCCCCCCCC2. The lowest BCUT2D eigenvalue weighted by Gasteiger charge is -2.50. The summed E-state index contributed by atoms with van der Waals surface area (Å²) in [6.45, 7) is 16.8. The number of rotatable bonds is 6. The van der Waals surface area contributed by atoms with E-state index in [0.717, 1.165) is 51.5 Å². The molecule has 2 aliphatic heterocycles. The van der Waals surface area contributed by atoms with Gasteiger partial charge in [0.05, 0.1) is 12.7 Å². The lowest BCUT2D eigenvalue weighted by Crippen LogP contribution is -2.65. The molecule has 5 nitrogen and oxygen atoms in total. The Morgan fingerprint density at radius 2 is 1.37 bits per heavy atom. The molecular weight excluding hydrogens is 436 g/mol. The summed E-state index contributed by atoms with van der Waals surface area (Å²) in [5.41, 5.74) is -1.49. The summed E-state index contributed by atoms with van der Waals surface area (Å²) in [6, 6.07) is 0. The number of ether oxygens (including phenoxy) is 2. The lowest BCUT2D eigenvalue weighted by molar-refractivity contribution is -0.178. The molecule has 35 heavy (non-hydrogen) atoms. The monoisotopic (exact) mass is 492 g/mol. The summed E-state index contributed by atoms with van der Waals surface area (Å²) >= 11 is 0. The van der Waals surface area contributed by atoms with E-state index in [9.17, 15) is 4.79 Å². The van der Waals surface area contributed by atoms with Gasteiger partial charge in [-0.25, -0.2) is 0 Å². The highest BCUT2D eigenvalue weighted by atomic mass is 16.6. The minimum atomic E-state index is -0.730. The lowest BCUT2D eigenvalue weighted by atomic mass is 9.72. The average molecular weight is 493 g/mol. The van der Waals surface area contributed by atoms with Crippen LogP contribution in [0.15, 0.2) is 0 Å². The van der Waals surface area contributed by atoms with E-state index < -0.39 is 11.3 Å². The number of nitrogens with zero attached hydrogens (tertiary/aromatic N) is 1. The van der Waals surface area contributed by atoms with Crippen LogP contribution in [0.5, 0.6) is 0 Å². The molecule has 2 saturated heterocycles. The summed E-state index contributed by atoms with van der Waals surface area (Å²) < 4.78 is 13.3. The zero-order valence-corrected chi connectivity index (χ0v) is 24.1. The number of nitrogens with one attached hydrogen (secondary N) is 1. The molecule has 3 rings (SSSR count). The van der Waals surface area contributed by atoms with E-state index in [1.807, 2.05) is 0 Å². The molecule has 1 amide bonds. The maximum absolute atomic E-state index is 14.5. The van der Waals surface area contributed by atoms with Crippen LogP contribution in [0.4, 0.5) is 0 Å². The van der Waals surface area contributed by atoms with Crippen LogP contribution in [0, 0.1) is 5.92 Å². The van der Waals surface area contributed by atoms with E-state index in [1.54, 1.807) is 0 Å². The van der Waals surface area contributed by atoms with Gasteiger partial charge in [0, 0.05) is 30.5 Å². The smallest absolute Gasteiger partial charge is 0.257 e. The minimum absolute atomic E-state index is 0.148. The quantitative estimate of drug-likeness (QED) is 0.435. The minimum Gasteiger partial charge on any atom is -0.378 e. The van der Waals surface area contributed by atoms with Gasteiger partial charge in [-0.2, -0.15) is 0 Å². The fraction of sp³-hybridized carbons (Fsp3) is 0.967. The Labute approximate surface area is 216 Å². The Kier molecular flexibility index (Phi) is 9.76. The van der Waals surface area contributed by atoms with Crippen LogP contribution >= 0.6 is 0 Å². The Morgan fingerprint density at radius 1 is 0.886 bits per heavy atom. The third-order valence-electron chi connectivity index (χ3n) is 8.46. The summed E-state index contributed by atoms with van der Waals surface area (Å²) in [6.07, 6.45) is 16.1. The molecule has 3 aliphatic rings. The van der Waals surface area contributed by atoms with E-state index in [1.165, 1.54) is 44.9 Å². The number of carbonyl (C=O) groups excluding carboxylic acids is 1. The van der Waals surface area contributed by atoms with Crippen LogP contribution in [0.25, 0.3) is 0 Å². The van der Waals surface area contributed by atoms with Gasteiger partial charge >= 0.3 is 0 Å². The van der Waals surface area contributed by atoms with Crippen LogP contribution in [-0.2, 0) is 14.3 Å². The molecule has 1 unspecified atom stereocenters. The Balaban J connectivity index is 1.95. The zero-order chi connectivity index (χ0) is 25.7. The summed E-state index contributed by atoms with van der Waals surface area (Å²) in [7, 11) is 0. The fourth-order valence-corrected chi connectivity index (χ4v) is 7.28. The molecule has 1 atom stereocenters. The van der Waals surface area contributed by atoms with Crippen molar-refractivity contribution >= 4 is 5.91 Å². The van der Waals surface area contributed by atoms with Gasteiger partial charge in [-0.05, 0) is 79.6 Å². The van der Waals surface area contributed by atoms with Crippen molar-refractivity contribution in [1.29, 1.82) is 0 Å². The van der Waals surface area contributed by atoms with Crippen molar-refractivity contribution in [3.8, 4) is 0 Å². The third kappa shape index (κ3) is 7.45. The van der Waals surface area contributed by atoms with Crippen molar-refractivity contribution in [2.24, 2.45) is 5.92 Å². The Hall–Kier alpha value is -0.650. The third-order valence-corrected chi connectivity index (χ3v) is 8.46. The van der Waals surface area contributed by atoms with Crippen LogP contribution in [0.2, 0.25) is 0 Å². The molecule has 1 saturated carbocycles. The molecule has 0 radical (unpaired) electrons. The van der Waals surface area contributed by atoms with E-state index in [-0.39, 0.29) is 23.1 Å².